The molecule has 288 valence electrons. The molecular weight excluding hydrogens is 801 g/mol. The number of benzene rings is 4. The highest BCUT2D eigenvalue weighted by Crippen LogP contribution is 2.34. The molecule has 0 saturated heterocycles. The van der Waals surface area contributed by atoms with Gasteiger partial charge in [-0.2, -0.15) is 0 Å². The molecule has 0 N–H and O–H groups in total. The van der Waals surface area contributed by atoms with Gasteiger partial charge in [-0.3, -0.25) is 0 Å². The van der Waals surface area contributed by atoms with Gasteiger partial charge in [-0.1, -0.05) is 30.3 Å². The molecule has 0 atom stereocenters. The third-order valence-corrected chi connectivity index (χ3v) is 8.60. The van der Waals surface area contributed by atoms with E-state index < -0.39 is 121 Å². The van der Waals surface area contributed by atoms with E-state index in [1.807, 2.05) is 0 Å². The predicted molar refractivity (Wildman–Crippen MR) is 173 cm³/mol. The van der Waals surface area contributed by atoms with E-state index in [0.29, 0.717) is 0 Å². The van der Waals surface area contributed by atoms with Crippen LogP contribution in [0.5, 0.6) is 0 Å². The molecule has 19 heteroatoms. The number of hydrogen-bond acceptors (Lipinski definition) is 0. The number of nitrogens with zero attached hydrogens (tertiary/aromatic N) is 1. The molecule has 0 spiro atoms. The van der Waals surface area contributed by atoms with Crippen molar-refractivity contribution in [3.63, 3.8) is 0 Å². The first kappa shape index (κ1) is 42.4. The SMILES string of the molecule is CC(C)(C)[N+]1=CC=C(/C(=C/[B-](c2c(F)c(F)c(F)c(F)c2F)(c2c(F)c(F)c(F)c(F)c2F)c2c(F)c(F)c(F)c(F)c2F)c2ccccc2)C1.ClCCl. The molecule has 1 heterocycles. The highest BCUT2D eigenvalue weighted by molar-refractivity contribution is 7.15. The molecule has 0 radical (unpaired) electrons. The molecular formula is C35H21BCl2F15N. The molecule has 4 aromatic rings. The third kappa shape index (κ3) is 7.00. The van der Waals surface area contributed by atoms with Crippen molar-refractivity contribution < 1.29 is 70.4 Å². The van der Waals surface area contributed by atoms with Crippen molar-refractivity contribution in [1.29, 1.82) is 0 Å². The Morgan fingerprint density at radius 1 is 0.556 bits per heavy atom. The summed E-state index contributed by atoms with van der Waals surface area (Å²) in [6.07, 6.45) is -3.31. The van der Waals surface area contributed by atoms with Crippen LogP contribution in [0.3, 0.4) is 0 Å². The van der Waals surface area contributed by atoms with Gasteiger partial charge >= 0.3 is 0 Å². The van der Waals surface area contributed by atoms with Gasteiger partial charge in [0, 0.05) is 11.6 Å². The predicted octanol–water partition coefficient (Wildman–Crippen LogP) is 9.11. The zero-order valence-corrected chi connectivity index (χ0v) is 29.0. The number of hydrogen-bond donors (Lipinski definition) is 0. The summed E-state index contributed by atoms with van der Waals surface area (Å²) in [4.78, 5) is 0. The minimum Gasteiger partial charge on any atom is -0.227 e. The average molecular weight is 822 g/mol. The van der Waals surface area contributed by atoms with E-state index in [1.54, 1.807) is 25.3 Å². The van der Waals surface area contributed by atoms with Gasteiger partial charge in [0.25, 0.3) is 0 Å². The summed E-state index contributed by atoms with van der Waals surface area (Å²) in [5, 5.41) is 0.194. The Hall–Kier alpha value is -4.38. The van der Waals surface area contributed by atoms with Crippen LogP contribution < -0.4 is 16.4 Å². The summed E-state index contributed by atoms with van der Waals surface area (Å²) < 4.78 is 231. The van der Waals surface area contributed by atoms with E-state index in [1.165, 1.54) is 30.5 Å². The van der Waals surface area contributed by atoms with Gasteiger partial charge in [0.05, 0.1) is 5.34 Å². The minimum atomic E-state index is -5.89. The van der Waals surface area contributed by atoms with Gasteiger partial charge < -0.3 is 0 Å². The lowest BCUT2D eigenvalue weighted by molar-refractivity contribution is -0.582. The molecule has 0 aliphatic carbocycles. The third-order valence-electron chi connectivity index (χ3n) is 8.60. The summed E-state index contributed by atoms with van der Waals surface area (Å²) in [5.74, 6) is -45.7. The average Bonchev–Trinajstić information content (AvgIpc) is 3.64. The van der Waals surface area contributed by atoms with Crippen LogP contribution >= 0.6 is 23.2 Å². The van der Waals surface area contributed by atoms with Gasteiger partial charge in [0.1, 0.15) is 41.0 Å². The van der Waals surface area contributed by atoms with Gasteiger partial charge in [0.15, 0.2) is 70.7 Å². The molecule has 1 aliphatic heterocycles. The topological polar surface area (TPSA) is 3.01 Å². The Morgan fingerprint density at radius 2 is 0.852 bits per heavy atom. The van der Waals surface area contributed by atoms with Crippen molar-refractivity contribution in [3.05, 3.63) is 141 Å². The highest BCUT2D eigenvalue weighted by Gasteiger charge is 2.47. The molecule has 4 aromatic carbocycles. The monoisotopic (exact) mass is 821 g/mol. The van der Waals surface area contributed by atoms with Crippen LogP contribution in [0.25, 0.3) is 5.57 Å². The fourth-order valence-electron chi connectivity index (χ4n) is 6.11. The zero-order valence-electron chi connectivity index (χ0n) is 27.5. The fourth-order valence-corrected chi connectivity index (χ4v) is 6.11. The maximum Gasteiger partial charge on any atom is 0.200 e. The standard InChI is InChI=1S/C34H19BF15N.CH2Cl2/c1-34(2,3)51-10-9-14(12-51)15(13-7-5-4-6-8-13)11-35(16-19(36)25(42)31(48)26(43)20(16)37,17-21(38)27(44)32(49)28(45)22(17)39)18-23(40)29(46)33(50)30(47)24(18)41;2-1-3/h4-11H,12H2,1-3H3;1H2/b15-11+;. The molecule has 0 aromatic heterocycles. The molecule has 54 heavy (non-hydrogen) atoms. The lowest BCUT2D eigenvalue weighted by Crippen LogP contribution is -2.72. The quantitative estimate of drug-likeness (QED) is 0.0457. The van der Waals surface area contributed by atoms with Crippen LogP contribution in [0.15, 0.2) is 48.0 Å². The van der Waals surface area contributed by atoms with Crippen LogP contribution in [-0.2, 0) is 0 Å². The van der Waals surface area contributed by atoms with E-state index >= 15 is 52.7 Å². The Balaban J connectivity index is 0.00000209. The Morgan fingerprint density at radius 3 is 1.13 bits per heavy atom. The van der Waals surface area contributed by atoms with E-state index in [4.69, 9.17) is 23.2 Å². The summed E-state index contributed by atoms with van der Waals surface area (Å²) in [7, 11) is 0. The Kier molecular flexibility index (Phi) is 12.4. The van der Waals surface area contributed by atoms with E-state index in [-0.39, 0.29) is 29.0 Å². The van der Waals surface area contributed by atoms with Gasteiger partial charge in [0.2, 0.25) is 0 Å². The van der Waals surface area contributed by atoms with Crippen molar-refractivity contribution in [2.24, 2.45) is 0 Å². The van der Waals surface area contributed by atoms with Crippen LogP contribution in [0.4, 0.5) is 65.9 Å². The lowest BCUT2D eigenvalue weighted by Gasteiger charge is -2.42. The first-order valence-electron chi connectivity index (χ1n) is 15.0. The van der Waals surface area contributed by atoms with Crippen LogP contribution in [0, 0.1) is 87.3 Å². The maximum absolute atomic E-state index is 16.0. The second kappa shape index (κ2) is 15.8. The molecule has 1 nitrogen and oxygen atoms in total. The number of rotatable bonds is 6. The van der Waals surface area contributed by atoms with Crippen LogP contribution in [0.1, 0.15) is 26.3 Å². The van der Waals surface area contributed by atoms with E-state index in [2.05, 4.69) is 0 Å². The summed E-state index contributed by atoms with van der Waals surface area (Å²) in [6, 6.07) is 6.17. The molecule has 5 rings (SSSR count). The fraction of sp³-hybridized carbons (Fsp3) is 0.171. The van der Waals surface area contributed by atoms with Crippen molar-refractivity contribution in [2.75, 3.05) is 11.9 Å². The van der Waals surface area contributed by atoms with Crippen LogP contribution in [0.2, 0.25) is 0 Å². The van der Waals surface area contributed by atoms with Gasteiger partial charge in [-0.15, -0.1) is 39.6 Å². The second-order valence-corrected chi connectivity index (χ2v) is 13.4. The number of alkyl halides is 2. The zero-order chi connectivity index (χ0) is 40.8. The summed E-state index contributed by atoms with van der Waals surface area (Å²) >= 11 is 9.53. The first-order valence-corrected chi connectivity index (χ1v) is 16.1. The van der Waals surface area contributed by atoms with Crippen LogP contribution in [-0.4, -0.2) is 34.4 Å². The van der Waals surface area contributed by atoms with E-state index in [0.717, 1.165) is 12.1 Å². The van der Waals surface area contributed by atoms with Gasteiger partial charge in [-0.05, 0) is 31.9 Å². The minimum absolute atomic E-state index is 0.00397. The van der Waals surface area contributed by atoms with Crippen molar-refractivity contribution >= 4 is 57.5 Å². The number of allylic oxidation sites excluding steroid dienone is 1. The second-order valence-electron chi connectivity index (χ2n) is 12.6. The molecule has 0 unspecified atom stereocenters. The first-order chi connectivity index (χ1) is 25.1. The van der Waals surface area contributed by atoms with Crippen molar-refractivity contribution in [1.82, 2.24) is 0 Å². The van der Waals surface area contributed by atoms with Gasteiger partial charge in [-0.25, -0.2) is 76.4 Å². The molecule has 0 amide bonds. The molecule has 0 saturated carbocycles. The van der Waals surface area contributed by atoms with Crippen molar-refractivity contribution in [2.45, 2.75) is 26.3 Å². The summed E-state index contributed by atoms with van der Waals surface area (Å²) in [5.41, 5.74) is -9.89. The molecule has 0 bridgehead atoms. The number of halogens is 17. The highest BCUT2D eigenvalue weighted by atomic mass is 35.5. The molecule has 1 aliphatic rings. The lowest BCUT2D eigenvalue weighted by atomic mass is 9.14. The molecule has 0 fully saturated rings. The Labute approximate surface area is 306 Å². The Bertz CT molecular complexity index is 2000. The maximum atomic E-state index is 16.0. The van der Waals surface area contributed by atoms with Crippen molar-refractivity contribution in [3.8, 4) is 0 Å². The van der Waals surface area contributed by atoms with E-state index in [9.17, 15) is 13.2 Å². The largest absolute Gasteiger partial charge is 0.227 e. The summed E-state index contributed by atoms with van der Waals surface area (Å²) in [6.45, 7) is 4.69. The normalized spacial score (nSPS) is 13.5. The smallest absolute Gasteiger partial charge is 0.200 e.